The molecule has 2 aromatic rings. The van der Waals surface area contributed by atoms with E-state index >= 15 is 0 Å². The number of para-hydroxylation sites is 1. The molecule has 1 unspecified atom stereocenters. The molecule has 6 heteroatoms. The van der Waals surface area contributed by atoms with Crippen LogP contribution in [0.5, 0.6) is 5.75 Å². The van der Waals surface area contributed by atoms with Crippen LogP contribution in [0.4, 0.5) is 11.4 Å². The van der Waals surface area contributed by atoms with Crippen molar-refractivity contribution in [3.8, 4) is 5.75 Å². The number of fused-ring (bicyclic) bond motifs is 1. The lowest BCUT2D eigenvalue weighted by Crippen LogP contribution is -2.39. The summed E-state index contributed by atoms with van der Waals surface area (Å²) in [6, 6.07) is 14.6. The van der Waals surface area contributed by atoms with E-state index in [1.165, 1.54) is 35.5 Å². The zero-order valence-corrected chi connectivity index (χ0v) is 17.3. The minimum absolute atomic E-state index is 0.0225. The van der Waals surface area contributed by atoms with Gasteiger partial charge in [-0.05, 0) is 43.5 Å². The smallest absolute Gasteiger partial charge is 0.311 e. The zero-order valence-electron chi connectivity index (χ0n) is 17.3. The number of nitro groups is 1. The molecule has 1 atom stereocenters. The molecule has 0 aliphatic carbocycles. The van der Waals surface area contributed by atoms with Crippen LogP contribution in [0.3, 0.4) is 0 Å². The Morgan fingerprint density at radius 2 is 1.79 bits per heavy atom. The van der Waals surface area contributed by atoms with Crippen molar-refractivity contribution >= 4 is 17.3 Å². The highest BCUT2D eigenvalue weighted by molar-refractivity contribution is 5.72. The van der Waals surface area contributed by atoms with Crippen LogP contribution in [0.15, 0.2) is 48.5 Å². The minimum Gasteiger partial charge on any atom is -0.427 e. The Morgan fingerprint density at radius 1 is 1.10 bits per heavy atom. The molecule has 0 aromatic heterocycles. The van der Waals surface area contributed by atoms with Crippen molar-refractivity contribution in [2.45, 2.75) is 57.9 Å². The highest BCUT2D eigenvalue weighted by Crippen LogP contribution is 2.44. The SMILES string of the molecule is CC1N(CCCCCC(=O)Oc2ccc([N+](=O)[O-])cc2)c2ccccc2C1(C)C. The van der Waals surface area contributed by atoms with E-state index in [4.69, 9.17) is 4.74 Å². The summed E-state index contributed by atoms with van der Waals surface area (Å²) in [4.78, 5) is 24.6. The number of rotatable bonds is 8. The van der Waals surface area contributed by atoms with Crippen molar-refractivity contribution in [2.24, 2.45) is 0 Å². The third kappa shape index (κ3) is 4.58. The Bertz CT molecular complexity index is 877. The zero-order chi connectivity index (χ0) is 21.0. The maximum Gasteiger partial charge on any atom is 0.311 e. The molecule has 1 aliphatic rings. The van der Waals surface area contributed by atoms with Crippen LogP contribution in [0.1, 0.15) is 52.0 Å². The van der Waals surface area contributed by atoms with Gasteiger partial charge in [-0.15, -0.1) is 0 Å². The highest BCUT2D eigenvalue weighted by atomic mass is 16.6. The van der Waals surface area contributed by atoms with Crippen LogP contribution >= 0.6 is 0 Å². The van der Waals surface area contributed by atoms with E-state index < -0.39 is 4.92 Å². The largest absolute Gasteiger partial charge is 0.427 e. The maximum atomic E-state index is 12.0. The number of unbranched alkanes of at least 4 members (excludes halogenated alkanes) is 2. The van der Waals surface area contributed by atoms with Crippen molar-refractivity contribution in [3.05, 3.63) is 64.2 Å². The molecule has 3 rings (SSSR count). The monoisotopic (exact) mass is 396 g/mol. The van der Waals surface area contributed by atoms with Crippen molar-refractivity contribution in [2.75, 3.05) is 11.4 Å². The topological polar surface area (TPSA) is 72.7 Å². The molecule has 0 saturated carbocycles. The van der Waals surface area contributed by atoms with Crippen molar-refractivity contribution in [1.82, 2.24) is 0 Å². The van der Waals surface area contributed by atoms with Gasteiger partial charge in [0.05, 0.1) is 4.92 Å². The lowest BCUT2D eigenvalue weighted by Gasteiger charge is -2.31. The molecule has 154 valence electrons. The lowest BCUT2D eigenvalue weighted by atomic mass is 9.81. The van der Waals surface area contributed by atoms with Crippen LogP contribution in [0, 0.1) is 10.1 Å². The fourth-order valence-electron chi connectivity index (χ4n) is 3.95. The Balaban J connectivity index is 1.42. The summed E-state index contributed by atoms with van der Waals surface area (Å²) >= 11 is 0. The van der Waals surface area contributed by atoms with Gasteiger partial charge in [-0.1, -0.05) is 38.5 Å². The number of nitro benzene ring substituents is 1. The Morgan fingerprint density at radius 3 is 2.48 bits per heavy atom. The Hall–Kier alpha value is -2.89. The molecule has 1 heterocycles. The summed E-state index contributed by atoms with van der Waals surface area (Å²) in [5.41, 5.74) is 2.83. The summed E-state index contributed by atoms with van der Waals surface area (Å²) in [7, 11) is 0. The van der Waals surface area contributed by atoms with E-state index in [9.17, 15) is 14.9 Å². The summed E-state index contributed by atoms with van der Waals surface area (Å²) in [5, 5.41) is 10.7. The summed E-state index contributed by atoms with van der Waals surface area (Å²) in [6.45, 7) is 7.84. The van der Waals surface area contributed by atoms with Crippen molar-refractivity contribution in [1.29, 1.82) is 0 Å². The number of esters is 1. The maximum absolute atomic E-state index is 12.0. The molecular weight excluding hydrogens is 368 g/mol. The van der Waals surface area contributed by atoms with E-state index in [1.54, 1.807) is 0 Å². The standard InChI is InChI=1S/C23H28N2O4/c1-17-23(2,3)20-9-6-7-10-21(20)24(17)16-8-4-5-11-22(26)29-19-14-12-18(13-15-19)25(27)28/h6-7,9-10,12-15,17H,4-5,8,11,16H2,1-3H3. The number of hydrogen-bond donors (Lipinski definition) is 0. The number of nitrogens with zero attached hydrogens (tertiary/aromatic N) is 2. The predicted molar refractivity (Wildman–Crippen MR) is 113 cm³/mol. The number of carbonyl (C=O) groups is 1. The molecule has 0 saturated heterocycles. The van der Waals surface area contributed by atoms with Gasteiger partial charge in [0, 0.05) is 42.2 Å². The van der Waals surface area contributed by atoms with Gasteiger partial charge in [0.25, 0.3) is 5.69 Å². The van der Waals surface area contributed by atoms with Gasteiger partial charge in [0.2, 0.25) is 0 Å². The van der Waals surface area contributed by atoms with Gasteiger partial charge in [-0.2, -0.15) is 0 Å². The van der Waals surface area contributed by atoms with E-state index in [1.807, 2.05) is 0 Å². The second kappa shape index (κ2) is 8.64. The van der Waals surface area contributed by atoms with Gasteiger partial charge in [-0.3, -0.25) is 14.9 Å². The van der Waals surface area contributed by atoms with E-state index in [0.717, 1.165) is 25.8 Å². The fourth-order valence-corrected chi connectivity index (χ4v) is 3.95. The first kappa shape index (κ1) is 20.8. The normalized spacial score (nSPS) is 17.1. The molecule has 0 bridgehead atoms. The first-order chi connectivity index (χ1) is 13.8. The number of ether oxygens (including phenoxy) is 1. The first-order valence-electron chi connectivity index (χ1n) is 10.1. The van der Waals surface area contributed by atoms with Gasteiger partial charge in [-0.25, -0.2) is 0 Å². The van der Waals surface area contributed by atoms with Gasteiger partial charge in [0.1, 0.15) is 5.75 Å². The molecule has 0 fully saturated rings. The van der Waals surface area contributed by atoms with Crippen LogP contribution in [0.2, 0.25) is 0 Å². The molecule has 29 heavy (non-hydrogen) atoms. The Kier molecular flexibility index (Phi) is 6.20. The average Bonchev–Trinajstić information content (AvgIpc) is 2.89. The third-order valence-corrected chi connectivity index (χ3v) is 5.98. The van der Waals surface area contributed by atoms with E-state index in [0.29, 0.717) is 18.2 Å². The number of anilines is 1. The number of carbonyl (C=O) groups excluding carboxylic acids is 1. The second-order valence-electron chi connectivity index (χ2n) is 8.14. The molecule has 1 aliphatic heterocycles. The second-order valence-corrected chi connectivity index (χ2v) is 8.14. The van der Waals surface area contributed by atoms with Gasteiger partial charge >= 0.3 is 5.97 Å². The van der Waals surface area contributed by atoms with Crippen LogP contribution < -0.4 is 9.64 Å². The van der Waals surface area contributed by atoms with E-state index in [2.05, 4.69) is 49.9 Å². The number of hydrogen-bond acceptors (Lipinski definition) is 5. The van der Waals surface area contributed by atoms with Crippen LogP contribution in [0.25, 0.3) is 0 Å². The molecule has 0 spiro atoms. The van der Waals surface area contributed by atoms with Crippen LogP contribution in [-0.4, -0.2) is 23.5 Å². The summed E-state index contributed by atoms with van der Waals surface area (Å²) in [5.74, 6) is 0.0326. The molecule has 2 aromatic carbocycles. The van der Waals surface area contributed by atoms with Gasteiger partial charge in [0.15, 0.2) is 0 Å². The molecule has 0 radical (unpaired) electrons. The van der Waals surface area contributed by atoms with Crippen molar-refractivity contribution < 1.29 is 14.5 Å². The van der Waals surface area contributed by atoms with Crippen molar-refractivity contribution in [3.63, 3.8) is 0 Å². The molecular formula is C23H28N2O4. The van der Waals surface area contributed by atoms with E-state index in [-0.39, 0.29) is 17.1 Å². The summed E-state index contributed by atoms with van der Waals surface area (Å²) in [6.07, 6.45) is 3.06. The summed E-state index contributed by atoms with van der Waals surface area (Å²) < 4.78 is 5.25. The number of non-ortho nitro benzene ring substituents is 1. The average molecular weight is 396 g/mol. The minimum atomic E-state index is -0.480. The molecule has 0 N–H and O–H groups in total. The third-order valence-electron chi connectivity index (χ3n) is 5.98. The molecule has 0 amide bonds. The quantitative estimate of drug-likeness (QED) is 0.200. The number of benzene rings is 2. The van der Waals surface area contributed by atoms with Gasteiger partial charge < -0.3 is 9.64 Å². The highest BCUT2D eigenvalue weighted by Gasteiger charge is 2.40. The molecule has 6 nitrogen and oxygen atoms in total. The Labute approximate surface area is 171 Å². The lowest BCUT2D eigenvalue weighted by molar-refractivity contribution is -0.384. The predicted octanol–water partition coefficient (Wildman–Crippen LogP) is 5.25. The first-order valence-corrected chi connectivity index (χ1v) is 10.1. The fraction of sp³-hybridized carbons (Fsp3) is 0.435. The van der Waals surface area contributed by atoms with Crippen LogP contribution in [-0.2, 0) is 10.2 Å².